The van der Waals surface area contributed by atoms with Crippen LogP contribution in [-0.4, -0.2) is 36.7 Å². The van der Waals surface area contributed by atoms with Gasteiger partial charge < -0.3 is 9.64 Å². The van der Waals surface area contributed by atoms with Gasteiger partial charge in [-0.2, -0.15) is 0 Å². The van der Waals surface area contributed by atoms with E-state index in [1.54, 1.807) is 0 Å². The van der Waals surface area contributed by atoms with E-state index < -0.39 is 0 Å². The zero-order chi connectivity index (χ0) is 9.59. The Morgan fingerprint density at radius 1 is 1.31 bits per heavy atom. The second-order valence-corrected chi connectivity index (χ2v) is 4.98. The van der Waals surface area contributed by atoms with Gasteiger partial charge in [0.2, 0.25) is 0 Å². The first-order chi connectivity index (χ1) is 6.09. The molecule has 1 aliphatic carbocycles. The minimum absolute atomic E-state index is 0.362. The molecule has 2 rings (SSSR count). The Kier molecular flexibility index (Phi) is 2.37. The summed E-state index contributed by atoms with van der Waals surface area (Å²) < 4.78 is 5.86. The molecule has 0 spiro atoms. The number of likely N-dealkylation sites (N-methyl/N-ethyl adjacent to an activating group) is 1. The summed E-state index contributed by atoms with van der Waals surface area (Å²) in [4.78, 5) is 2.48. The Balaban J connectivity index is 1.91. The van der Waals surface area contributed by atoms with E-state index in [0.29, 0.717) is 18.2 Å². The maximum absolute atomic E-state index is 5.86. The normalized spacial score (nSPS) is 40.8. The van der Waals surface area contributed by atoms with Crippen molar-refractivity contribution in [2.24, 2.45) is 11.8 Å². The summed E-state index contributed by atoms with van der Waals surface area (Å²) in [6.07, 6.45) is 2.21. The lowest BCUT2D eigenvalue weighted by molar-refractivity contribution is -0.0271. The van der Waals surface area contributed by atoms with E-state index in [4.69, 9.17) is 4.74 Å². The van der Waals surface area contributed by atoms with Crippen LogP contribution in [0.5, 0.6) is 0 Å². The van der Waals surface area contributed by atoms with Crippen LogP contribution in [0.25, 0.3) is 0 Å². The monoisotopic (exact) mass is 183 g/mol. The minimum atomic E-state index is 0.362. The number of fused-ring (bicyclic) bond motifs is 1. The van der Waals surface area contributed by atoms with E-state index in [1.165, 1.54) is 13.0 Å². The Labute approximate surface area is 81.3 Å². The van der Waals surface area contributed by atoms with Gasteiger partial charge in [0.1, 0.15) is 0 Å². The fraction of sp³-hybridized carbons (Fsp3) is 1.00. The van der Waals surface area contributed by atoms with Gasteiger partial charge in [0.05, 0.1) is 12.2 Å². The Bertz CT molecular complexity index is 191. The summed E-state index contributed by atoms with van der Waals surface area (Å²) in [6, 6.07) is 0.687. The molecule has 0 aromatic rings. The van der Waals surface area contributed by atoms with Gasteiger partial charge in [-0.05, 0) is 46.1 Å². The molecular weight excluding hydrogens is 162 g/mol. The molecule has 2 aliphatic rings. The second-order valence-electron chi connectivity index (χ2n) is 4.98. The molecule has 1 heterocycles. The van der Waals surface area contributed by atoms with E-state index in [-0.39, 0.29) is 0 Å². The molecule has 0 bridgehead atoms. The molecule has 0 N–H and O–H groups in total. The molecule has 2 fully saturated rings. The van der Waals surface area contributed by atoms with Gasteiger partial charge >= 0.3 is 0 Å². The van der Waals surface area contributed by atoms with E-state index in [2.05, 4.69) is 32.7 Å². The second kappa shape index (κ2) is 3.25. The molecule has 0 aromatic carbocycles. The highest BCUT2D eigenvalue weighted by atomic mass is 16.5. The van der Waals surface area contributed by atoms with Crippen molar-refractivity contribution in [1.82, 2.24) is 4.90 Å². The predicted octanol–water partition coefficient (Wildman–Crippen LogP) is 1.75. The highest BCUT2D eigenvalue weighted by molar-refractivity contribution is 5.05. The number of hydrogen-bond donors (Lipinski definition) is 0. The quantitative estimate of drug-likeness (QED) is 0.661. The van der Waals surface area contributed by atoms with Crippen molar-refractivity contribution in [3.05, 3.63) is 0 Å². The zero-order valence-electron chi connectivity index (χ0n) is 9.16. The number of likely N-dealkylation sites (tertiary alicyclic amines) is 1. The summed E-state index contributed by atoms with van der Waals surface area (Å²) >= 11 is 0. The molecule has 76 valence electrons. The summed E-state index contributed by atoms with van der Waals surface area (Å²) in [7, 11) is 2.23. The van der Waals surface area contributed by atoms with E-state index in [0.717, 1.165) is 11.8 Å². The molecule has 2 nitrogen and oxygen atoms in total. The Morgan fingerprint density at radius 3 is 2.46 bits per heavy atom. The van der Waals surface area contributed by atoms with Crippen molar-refractivity contribution >= 4 is 0 Å². The Hall–Kier alpha value is -0.0800. The van der Waals surface area contributed by atoms with E-state index >= 15 is 0 Å². The van der Waals surface area contributed by atoms with Gasteiger partial charge in [-0.25, -0.2) is 0 Å². The summed E-state index contributed by atoms with van der Waals surface area (Å²) in [5.74, 6) is 1.94. The van der Waals surface area contributed by atoms with Crippen LogP contribution in [0, 0.1) is 11.8 Å². The number of hydrogen-bond acceptors (Lipinski definition) is 2. The maximum Gasteiger partial charge on any atom is 0.0708 e. The van der Waals surface area contributed by atoms with Gasteiger partial charge in [0, 0.05) is 12.6 Å². The molecular formula is C11H21NO. The first-order valence-electron chi connectivity index (χ1n) is 5.45. The standard InChI is InChI=1S/C11H21NO/c1-7(2)13-8(3)11-10-5-9(10)6-12(11)4/h7-11H,5-6H2,1-4H3/t8-,9-,10-,11+/m0/s1. The van der Waals surface area contributed by atoms with Gasteiger partial charge in [0.25, 0.3) is 0 Å². The lowest BCUT2D eigenvalue weighted by Crippen LogP contribution is -2.40. The van der Waals surface area contributed by atoms with E-state index in [1.807, 2.05) is 0 Å². The van der Waals surface area contributed by atoms with Crippen LogP contribution in [-0.2, 0) is 4.74 Å². The number of nitrogens with zero attached hydrogens (tertiary/aromatic N) is 1. The summed E-state index contributed by atoms with van der Waals surface area (Å²) in [5, 5.41) is 0. The summed E-state index contributed by atoms with van der Waals surface area (Å²) in [5.41, 5.74) is 0. The fourth-order valence-corrected chi connectivity index (χ4v) is 2.93. The topological polar surface area (TPSA) is 12.5 Å². The lowest BCUT2D eigenvalue weighted by Gasteiger charge is -2.30. The van der Waals surface area contributed by atoms with Crippen LogP contribution in [0.3, 0.4) is 0 Å². The molecule has 2 heteroatoms. The molecule has 1 saturated heterocycles. The van der Waals surface area contributed by atoms with Crippen LogP contribution in [0.4, 0.5) is 0 Å². The average Bonchev–Trinajstić information content (AvgIpc) is 2.60. The van der Waals surface area contributed by atoms with E-state index in [9.17, 15) is 0 Å². The van der Waals surface area contributed by atoms with Crippen LogP contribution in [0.1, 0.15) is 27.2 Å². The smallest absolute Gasteiger partial charge is 0.0708 e. The van der Waals surface area contributed by atoms with Gasteiger partial charge in [-0.3, -0.25) is 0 Å². The van der Waals surface area contributed by atoms with Crippen LogP contribution >= 0.6 is 0 Å². The Morgan fingerprint density at radius 2 is 2.00 bits per heavy atom. The maximum atomic E-state index is 5.86. The van der Waals surface area contributed by atoms with Crippen molar-refractivity contribution in [2.45, 2.75) is 45.4 Å². The molecule has 4 atom stereocenters. The van der Waals surface area contributed by atoms with Crippen molar-refractivity contribution in [2.75, 3.05) is 13.6 Å². The van der Waals surface area contributed by atoms with Crippen LogP contribution in [0.15, 0.2) is 0 Å². The molecule has 1 aliphatic heterocycles. The van der Waals surface area contributed by atoms with Gasteiger partial charge in [-0.1, -0.05) is 0 Å². The third kappa shape index (κ3) is 1.75. The van der Waals surface area contributed by atoms with Crippen molar-refractivity contribution in [3.63, 3.8) is 0 Å². The molecule has 13 heavy (non-hydrogen) atoms. The fourth-order valence-electron chi connectivity index (χ4n) is 2.93. The average molecular weight is 183 g/mol. The largest absolute Gasteiger partial charge is 0.374 e. The molecule has 0 radical (unpaired) electrons. The lowest BCUT2D eigenvalue weighted by atomic mass is 10.1. The van der Waals surface area contributed by atoms with Crippen molar-refractivity contribution < 1.29 is 4.74 Å². The third-order valence-electron chi connectivity index (χ3n) is 3.42. The molecule has 1 saturated carbocycles. The number of piperidine rings is 1. The first-order valence-corrected chi connectivity index (χ1v) is 5.45. The number of ether oxygens (including phenoxy) is 1. The summed E-state index contributed by atoms with van der Waals surface area (Å²) in [6.45, 7) is 7.76. The minimum Gasteiger partial charge on any atom is -0.374 e. The SMILES string of the molecule is CC(C)O[C@@H](C)[C@@H]1[C@H]2C[C@H]2CN1C. The molecule has 0 aromatic heterocycles. The van der Waals surface area contributed by atoms with Gasteiger partial charge in [-0.15, -0.1) is 0 Å². The highest BCUT2D eigenvalue weighted by Crippen LogP contribution is 2.50. The first kappa shape index (κ1) is 9.47. The molecule has 0 unspecified atom stereocenters. The number of rotatable bonds is 3. The van der Waals surface area contributed by atoms with Crippen LogP contribution < -0.4 is 0 Å². The third-order valence-corrected chi connectivity index (χ3v) is 3.42. The van der Waals surface area contributed by atoms with Crippen molar-refractivity contribution in [1.29, 1.82) is 0 Å². The molecule has 0 amide bonds. The predicted molar refractivity (Wildman–Crippen MR) is 53.7 cm³/mol. The highest BCUT2D eigenvalue weighted by Gasteiger charge is 2.53. The van der Waals surface area contributed by atoms with Crippen molar-refractivity contribution in [3.8, 4) is 0 Å². The van der Waals surface area contributed by atoms with Crippen LogP contribution in [0.2, 0.25) is 0 Å². The zero-order valence-corrected chi connectivity index (χ0v) is 9.16. The van der Waals surface area contributed by atoms with Gasteiger partial charge in [0.15, 0.2) is 0 Å².